The third-order valence-electron chi connectivity index (χ3n) is 4.85. The second-order valence-electron chi connectivity index (χ2n) is 6.94. The Hall–Kier alpha value is -3.24. The Morgan fingerprint density at radius 2 is 2.03 bits per heavy atom. The smallest absolute Gasteiger partial charge is 0.277 e. The number of nitrogens with zero attached hydrogens (tertiary/aromatic N) is 3. The van der Waals surface area contributed by atoms with Crippen LogP contribution in [0.3, 0.4) is 0 Å². The lowest BCUT2D eigenvalue weighted by molar-refractivity contribution is -0.116. The number of amides is 1. The fourth-order valence-electron chi connectivity index (χ4n) is 3.27. The molecule has 8 nitrogen and oxygen atoms in total. The van der Waals surface area contributed by atoms with Gasteiger partial charge in [-0.3, -0.25) is 4.79 Å². The van der Waals surface area contributed by atoms with Crippen LogP contribution in [-0.4, -0.2) is 35.1 Å². The first kappa shape index (κ1) is 20.7. The van der Waals surface area contributed by atoms with Crippen LogP contribution in [0.15, 0.2) is 62.1 Å². The van der Waals surface area contributed by atoms with E-state index in [-0.39, 0.29) is 11.7 Å². The van der Waals surface area contributed by atoms with Crippen molar-refractivity contribution in [3.63, 3.8) is 0 Å². The summed E-state index contributed by atoms with van der Waals surface area (Å²) in [5, 5.41) is 10.4. The van der Waals surface area contributed by atoms with Gasteiger partial charge in [0, 0.05) is 16.6 Å². The number of hydrogen-bond acceptors (Lipinski definition) is 9. The van der Waals surface area contributed by atoms with Crippen LogP contribution in [-0.2, 0) is 11.3 Å². The van der Waals surface area contributed by atoms with Crippen molar-refractivity contribution in [2.75, 3.05) is 23.9 Å². The van der Waals surface area contributed by atoms with E-state index in [4.69, 9.17) is 18.3 Å². The van der Waals surface area contributed by atoms with Crippen molar-refractivity contribution in [3.8, 4) is 23.0 Å². The molecule has 5 rings (SSSR count). The van der Waals surface area contributed by atoms with Gasteiger partial charge in [-0.1, -0.05) is 17.8 Å². The second kappa shape index (κ2) is 9.09. The first-order chi connectivity index (χ1) is 15.7. The largest absolute Gasteiger partial charge is 0.486 e. The van der Waals surface area contributed by atoms with E-state index >= 15 is 0 Å². The molecule has 0 saturated heterocycles. The zero-order valence-electron chi connectivity index (χ0n) is 17.1. The van der Waals surface area contributed by atoms with E-state index in [2.05, 4.69) is 10.2 Å². The lowest BCUT2D eigenvalue weighted by atomic mass is 10.2. The van der Waals surface area contributed by atoms with Gasteiger partial charge in [-0.15, -0.1) is 21.5 Å². The maximum absolute atomic E-state index is 13.2. The van der Waals surface area contributed by atoms with Crippen LogP contribution in [0, 0.1) is 6.92 Å². The van der Waals surface area contributed by atoms with Crippen LogP contribution in [0.4, 0.5) is 5.69 Å². The third kappa shape index (κ3) is 4.37. The van der Waals surface area contributed by atoms with Crippen molar-refractivity contribution in [2.45, 2.75) is 18.7 Å². The van der Waals surface area contributed by atoms with Gasteiger partial charge >= 0.3 is 0 Å². The molecule has 0 fully saturated rings. The highest BCUT2D eigenvalue weighted by atomic mass is 32.2. The molecule has 3 aromatic heterocycles. The number of furan rings is 1. The minimum atomic E-state index is -0.0840. The van der Waals surface area contributed by atoms with E-state index in [1.165, 1.54) is 11.8 Å². The highest BCUT2D eigenvalue weighted by molar-refractivity contribution is 7.99. The summed E-state index contributed by atoms with van der Waals surface area (Å²) in [6.07, 6.45) is 1.57. The number of carbonyl (C=O) groups excluding carboxylic acids is 1. The number of aromatic nitrogens is 2. The van der Waals surface area contributed by atoms with E-state index in [9.17, 15) is 4.79 Å². The Bertz CT molecular complexity index is 1220. The summed E-state index contributed by atoms with van der Waals surface area (Å²) < 4.78 is 22.3. The summed E-state index contributed by atoms with van der Waals surface area (Å²) in [6, 6.07) is 11.3. The third-order valence-corrected chi connectivity index (χ3v) is 6.51. The molecule has 1 amide bonds. The van der Waals surface area contributed by atoms with E-state index in [0.29, 0.717) is 48.1 Å². The van der Waals surface area contributed by atoms with Gasteiger partial charge in [-0.25, -0.2) is 0 Å². The van der Waals surface area contributed by atoms with Gasteiger partial charge < -0.3 is 23.2 Å². The number of rotatable bonds is 7. The number of benzene rings is 1. The van der Waals surface area contributed by atoms with Crippen LogP contribution < -0.4 is 14.4 Å². The molecular formula is C22H19N3O5S2. The van der Waals surface area contributed by atoms with Crippen LogP contribution in [0.1, 0.15) is 10.6 Å². The summed E-state index contributed by atoms with van der Waals surface area (Å²) in [4.78, 5) is 16.0. The molecule has 1 aromatic carbocycles. The molecule has 0 bridgehead atoms. The van der Waals surface area contributed by atoms with Crippen LogP contribution in [0.25, 0.3) is 11.5 Å². The highest BCUT2D eigenvalue weighted by Gasteiger charge is 2.22. The molecule has 0 unspecified atom stereocenters. The molecule has 0 N–H and O–H groups in total. The fraction of sp³-hybridized carbons (Fsp3) is 0.227. The van der Waals surface area contributed by atoms with Gasteiger partial charge in [-0.2, -0.15) is 0 Å². The second-order valence-corrected chi connectivity index (χ2v) is 8.90. The summed E-state index contributed by atoms with van der Waals surface area (Å²) in [5.41, 5.74) is 1.49. The van der Waals surface area contributed by atoms with Gasteiger partial charge in [0.1, 0.15) is 19.0 Å². The van der Waals surface area contributed by atoms with Crippen molar-refractivity contribution in [1.29, 1.82) is 0 Å². The Morgan fingerprint density at radius 3 is 2.81 bits per heavy atom. The summed E-state index contributed by atoms with van der Waals surface area (Å²) in [6.45, 7) is 3.29. The molecule has 0 atom stereocenters. The lowest BCUT2D eigenvalue weighted by Gasteiger charge is -2.25. The standard InChI is InChI=1S/C22H19N3O5S2/c1-14-17(6-7-27-14)21-23-24-22(30-21)32-13-20(26)25(12-16-3-2-10-31-16)15-4-5-18-19(11-15)29-9-8-28-18/h2-7,10-11H,8-9,12-13H2,1H3. The van der Waals surface area contributed by atoms with Crippen molar-refractivity contribution < 1.29 is 23.1 Å². The fourth-order valence-corrected chi connectivity index (χ4v) is 4.60. The average molecular weight is 470 g/mol. The first-order valence-electron chi connectivity index (χ1n) is 9.90. The Morgan fingerprint density at radius 1 is 1.16 bits per heavy atom. The average Bonchev–Trinajstić information content (AvgIpc) is 3.58. The molecule has 0 spiro atoms. The molecule has 4 aromatic rings. The topological polar surface area (TPSA) is 90.8 Å². The van der Waals surface area contributed by atoms with Crippen LogP contribution >= 0.6 is 23.1 Å². The first-order valence-corrected chi connectivity index (χ1v) is 11.8. The van der Waals surface area contributed by atoms with Crippen molar-refractivity contribution in [3.05, 3.63) is 58.7 Å². The van der Waals surface area contributed by atoms with E-state index in [1.807, 2.05) is 42.6 Å². The predicted molar refractivity (Wildman–Crippen MR) is 120 cm³/mol. The van der Waals surface area contributed by atoms with Crippen LogP contribution in [0.5, 0.6) is 11.5 Å². The number of aryl methyl sites for hydroxylation is 1. The highest BCUT2D eigenvalue weighted by Crippen LogP contribution is 2.35. The molecule has 10 heteroatoms. The molecule has 0 aliphatic carbocycles. The summed E-state index contributed by atoms with van der Waals surface area (Å²) in [5.74, 6) is 2.45. The van der Waals surface area contributed by atoms with Crippen molar-refractivity contribution >= 4 is 34.7 Å². The number of thioether (sulfide) groups is 1. The normalized spacial score (nSPS) is 12.7. The van der Waals surface area contributed by atoms with E-state index in [0.717, 1.165) is 16.1 Å². The molecular weight excluding hydrogens is 450 g/mol. The van der Waals surface area contributed by atoms with Gasteiger partial charge in [0.05, 0.1) is 24.1 Å². The predicted octanol–water partition coefficient (Wildman–Crippen LogP) is 4.80. The molecule has 1 aliphatic rings. The zero-order chi connectivity index (χ0) is 21.9. The van der Waals surface area contributed by atoms with Gasteiger partial charge in [0.15, 0.2) is 11.5 Å². The summed E-state index contributed by atoms with van der Waals surface area (Å²) in [7, 11) is 0. The minimum absolute atomic E-state index is 0.0840. The Labute approximate surface area is 192 Å². The number of hydrogen-bond donors (Lipinski definition) is 0. The number of fused-ring (bicyclic) bond motifs is 1. The molecule has 1 aliphatic heterocycles. The minimum Gasteiger partial charge on any atom is -0.486 e. The molecule has 0 radical (unpaired) electrons. The SMILES string of the molecule is Cc1occc1-c1nnc(SCC(=O)N(Cc2cccs2)c2ccc3c(c2)OCCO3)o1. The number of anilines is 1. The number of ether oxygens (including phenoxy) is 2. The Kier molecular flexibility index (Phi) is 5.87. The van der Waals surface area contributed by atoms with E-state index < -0.39 is 0 Å². The van der Waals surface area contributed by atoms with Crippen LogP contribution in [0.2, 0.25) is 0 Å². The number of carbonyl (C=O) groups is 1. The quantitative estimate of drug-likeness (QED) is 0.357. The molecule has 4 heterocycles. The zero-order valence-corrected chi connectivity index (χ0v) is 18.8. The van der Waals surface area contributed by atoms with Crippen molar-refractivity contribution in [2.24, 2.45) is 0 Å². The Balaban J connectivity index is 1.33. The monoisotopic (exact) mass is 469 g/mol. The molecule has 164 valence electrons. The van der Waals surface area contributed by atoms with Gasteiger partial charge in [0.2, 0.25) is 5.91 Å². The maximum atomic E-state index is 13.2. The van der Waals surface area contributed by atoms with Gasteiger partial charge in [-0.05, 0) is 36.6 Å². The van der Waals surface area contributed by atoms with Gasteiger partial charge in [0.25, 0.3) is 11.1 Å². The lowest BCUT2D eigenvalue weighted by Crippen LogP contribution is -2.31. The molecule has 0 saturated carbocycles. The summed E-state index contributed by atoms with van der Waals surface area (Å²) >= 11 is 2.81. The maximum Gasteiger partial charge on any atom is 0.277 e. The number of thiophene rings is 1. The van der Waals surface area contributed by atoms with Crippen molar-refractivity contribution in [1.82, 2.24) is 10.2 Å². The molecule has 32 heavy (non-hydrogen) atoms. The van der Waals surface area contributed by atoms with E-state index in [1.54, 1.807) is 28.6 Å².